The van der Waals surface area contributed by atoms with E-state index in [1.807, 2.05) is 4.72 Å². The molecule has 0 aliphatic heterocycles. The molecule has 0 aliphatic carbocycles. The minimum absolute atomic E-state index is 0.0869. The zero-order valence-electron chi connectivity index (χ0n) is 11.4. The lowest BCUT2D eigenvalue weighted by atomic mass is 10.0. The lowest BCUT2D eigenvalue weighted by Gasteiger charge is -2.20. The molecular weight excluding hydrogens is 293 g/mol. The standard InChI is InChI=1S/C12H17F3N2O2S/c1-11(2,3)7-20(18,19)17-10-5-4-8(16)6-9(10)12(13,14)15/h4-6,17H,7,16H2,1-3H3. The molecule has 4 nitrogen and oxygen atoms in total. The number of benzene rings is 1. The van der Waals surface area contributed by atoms with Crippen LogP contribution in [0.5, 0.6) is 0 Å². The van der Waals surface area contributed by atoms with E-state index in [0.29, 0.717) is 6.07 Å². The van der Waals surface area contributed by atoms with Crippen molar-refractivity contribution in [3.63, 3.8) is 0 Å². The predicted octanol–water partition coefficient (Wildman–Crippen LogP) is 3.08. The molecule has 0 fully saturated rings. The number of nitrogens with one attached hydrogen (secondary N) is 1. The highest BCUT2D eigenvalue weighted by molar-refractivity contribution is 7.92. The summed E-state index contributed by atoms with van der Waals surface area (Å²) in [5, 5.41) is 0. The predicted molar refractivity (Wildman–Crippen MR) is 72.7 cm³/mol. The Bertz CT molecular complexity index is 590. The van der Waals surface area contributed by atoms with Gasteiger partial charge in [0.05, 0.1) is 17.0 Å². The Morgan fingerprint density at radius 3 is 2.20 bits per heavy atom. The van der Waals surface area contributed by atoms with Crippen LogP contribution in [0.3, 0.4) is 0 Å². The minimum atomic E-state index is -4.69. The SMILES string of the molecule is CC(C)(C)CS(=O)(=O)Nc1ccc(N)cc1C(F)(F)F. The van der Waals surface area contributed by atoms with Crippen LogP contribution in [0.1, 0.15) is 26.3 Å². The van der Waals surface area contributed by atoms with Crippen LogP contribution in [0, 0.1) is 5.41 Å². The summed E-state index contributed by atoms with van der Waals surface area (Å²) in [6, 6.07) is 2.93. The Hall–Kier alpha value is -1.44. The molecule has 0 saturated carbocycles. The van der Waals surface area contributed by atoms with Crippen molar-refractivity contribution < 1.29 is 21.6 Å². The fourth-order valence-electron chi connectivity index (χ4n) is 1.66. The van der Waals surface area contributed by atoms with Gasteiger partial charge in [-0.3, -0.25) is 4.72 Å². The van der Waals surface area contributed by atoms with E-state index in [1.54, 1.807) is 20.8 Å². The number of alkyl halides is 3. The molecule has 0 radical (unpaired) electrons. The molecule has 0 unspecified atom stereocenters. The molecule has 0 bridgehead atoms. The van der Waals surface area contributed by atoms with Gasteiger partial charge in [0.1, 0.15) is 0 Å². The third-order valence-corrected chi connectivity index (χ3v) is 4.01. The van der Waals surface area contributed by atoms with Gasteiger partial charge in [0.15, 0.2) is 0 Å². The summed E-state index contributed by atoms with van der Waals surface area (Å²) < 4.78 is 64.3. The quantitative estimate of drug-likeness (QED) is 0.843. The largest absolute Gasteiger partial charge is 0.418 e. The average Bonchev–Trinajstić information content (AvgIpc) is 2.14. The number of anilines is 2. The minimum Gasteiger partial charge on any atom is -0.399 e. The summed E-state index contributed by atoms with van der Waals surface area (Å²) in [6.07, 6.45) is -4.69. The number of nitrogens with two attached hydrogens (primary N) is 1. The van der Waals surface area contributed by atoms with Crippen molar-refractivity contribution in [1.82, 2.24) is 0 Å². The molecule has 0 heterocycles. The second kappa shape index (κ2) is 5.16. The fourth-order valence-corrected chi connectivity index (χ4v) is 3.38. The summed E-state index contributed by atoms with van der Waals surface area (Å²) in [4.78, 5) is 0. The van der Waals surface area contributed by atoms with E-state index in [0.717, 1.165) is 6.07 Å². The van der Waals surface area contributed by atoms with E-state index < -0.39 is 32.9 Å². The van der Waals surface area contributed by atoms with Gasteiger partial charge in [0, 0.05) is 5.69 Å². The second-order valence-electron chi connectivity index (χ2n) is 5.72. The van der Waals surface area contributed by atoms with E-state index in [9.17, 15) is 21.6 Å². The van der Waals surface area contributed by atoms with Crippen molar-refractivity contribution in [2.24, 2.45) is 5.41 Å². The van der Waals surface area contributed by atoms with E-state index in [1.165, 1.54) is 6.07 Å². The number of nitrogen functional groups attached to an aromatic ring is 1. The molecule has 0 aromatic heterocycles. The van der Waals surface area contributed by atoms with Gasteiger partial charge in [-0.25, -0.2) is 8.42 Å². The molecule has 1 aromatic rings. The van der Waals surface area contributed by atoms with Crippen LogP contribution >= 0.6 is 0 Å². The molecule has 3 N–H and O–H groups in total. The molecular formula is C12H17F3N2O2S. The summed E-state index contributed by atoms with van der Waals surface area (Å²) in [7, 11) is -3.88. The molecule has 114 valence electrons. The lowest BCUT2D eigenvalue weighted by Crippen LogP contribution is -2.27. The van der Waals surface area contributed by atoms with E-state index >= 15 is 0 Å². The van der Waals surface area contributed by atoms with Crippen LogP contribution in [0.2, 0.25) is 0 Å². The Labute approximate surface area is 116 Å². The van der Waals surface area contributed by atoms with Crippen LogP contribution in [-0.4, -0.2) is 14.2 Å². The Balaban J connectivity index is 3.16. The molecule has 0 spiro atoms. The molecule has 1 aromatic carbocycles. The average molecular weight is 310 g/mol. The normalized spacial score (nSPS) is 13.3. The third kappa shape index (κ3) is 4.92. The first-order chi connectivity index (χ1) is 8.80. The highest BCUT2D eigenvalue weighted by Crippen LogP contribution is 2.36. The molecule has 0 amide bonds. The Morgan fingerprint density at radius 1 is 1.20 bits per heavy atom. The second-order valence-corrected chi connectivity index (χ2v) is 7.45. The first kappa shape index (κ1) is 16.6. The van der Waals surface area contributed by atoms with Crippen LogP contribution in [0.15, 0.2) is 18.2 Å². The van der Waals surface area contributed by atoms with Gasteiger partial charge >= 0.3 is 6.18 Å². The molecule has 1 rings (SSSR count). The van der Waals surface area contributed by atoms with Gasteiger partial charge < -0.3 is 5.73 Å². The van der Waals surface area contributed by atoms with Gasteiger partial charge in [-0.2, -0.15) is 13.2 Å². The monoisotopic (exact) mass is 310 g/mol. The first-order valence-corrected chi connectivity index (χ1v) is 7.43. The van der Waals surface area contributed by atoms with Crippen molar-refractivity contribution in [3.05, 3.63) is 23.8 Å². The van der Waals surface area contributed by atoms with Gasteiger partial charge in [-0.1, -0.05) is 20.8 Å². The third-order valence-electron chi connectivity index (χ3n) is 2.24. The zero-order valence-corrected chi connectivity index (χ0v) is 12.2. The Morgan fingerprint density at radius 2 is 1.75 bits per heavy atom. The number of rotatable bonds is 3. The van der Waals surface area contributed by atoms with Gasteiger partial charge in [-0.15, -0.1) is 0 Å². The van der Waals surface area contributed by atoms with Gasteiger partial charge in [-0.05, 0) is 23.6 Å². The summed E-state index contributed by atoms with van der Waals surface area (Å²) >= 11 is 0. The van der Waals surface area contributed by atoms with Crippen molar-refractivity contribution in [3.8, 4) is 0 Å². The van der Waals surface area contributed by atoms with Crippen molar-refractivity contribution in [1.29, 1.82) is 0 Å². The van der Waals surface area contributed by atoms with Crippen LogP contribution in [0.25, 0.3) is 0 Å². The van der Waals surface area contributed by atoms with Crippen molar-refractivity contribution in [2.75, 3.05) is 16.2 Å². The molecule has 8 heteroatoms. The first-order valence-electron chi connectivity index (χ1n) is 5.77. The zero-order chi connectivity index (χ0) is 15.8. The van der Waals surface area contributed by atoms with Crippen molar-refractivity contribution in [2.45, 2.75) is 26.9 Å². The molecule has 20 heavy (non-hydrogen) atoms. The highest BCUT2D eigenvalue weighted by atomic mass is 32.2. The molecule has 0 saturated heterocycles. The number of hydrogen-bond donors (Lipinski definition) is 2. The summed E-state index contributed by atoms with van der Waals surface area (Å²) in [5.74, 6) is -0.290. The maximum absolute atomic E-state index is 12.9. The van der Waals surface area contributed by atoms with E-state index in [2.05, 4.69) is 0 Å². The lowest BCUT2D eigenvalue weighted by molar-refractivity contribution is -0.136. The number of halogens is 3. The Kier molecular flexibility index (Phi) is 4.28. The fraction of sp³-hybridized carbons (Fsp3) is 0.500. The molecule has 0 atom stereocenters. The highest BCUT2D eigenvalue weighted by Gasteiger charge is 2.35. The number of sulfonamides is 1. The van der Waals surface area contributed by atoms with Crippen LogP contribution in [-0.2, 0) is 16.2 Å². The maximum Gasteiger partial charge on any atom is 0.418 e. The summed E-state index contributed by atoms with van der Waals surface area (Å²) in [6.45, 7) is 5.04. The van der Waals surface area contributed by atoms with E-state index in [-0.39, 0.29) is 11.4 Å². The van der Waals surface area contributed by atoms with Crippen molar-refractivity contribution >= 4 is 21.4 Å². The van der Waals surface area contributed by atoms with E-state index in [4.69, 9.17) is 5.73 Å². The van der Waals surface area contributed by atoms with Crippen LogP contribution < -0.4 is 10.5 Å². The maximum atomic E-state index is 12.9. The van der Waals surface area contributed by atoms with Crippen LogP contribution in [0.4, 0.5) is 24.5 Å². The number of hydrogen-bond acceptors (Lipinski definition) is 3. The topological polar surface area (TPSA) is 72.2 Å². The summed E-state index contributed by atoms with van der Waals surface area (Å²) in [5.41, 5.74) is 3.03. The molecule has 0 aliphatic rings. The smallest absolute Gasteiger partial charge is 0.399 e. The van der Waals surface area contributed by atoms with Gasteiger partial charge in [0.25, 0.3) is 0 Å². The van der Waals surface area contributed by atoms with Gasteiger partial charge in [0.2, 0.25) is 10.0 Å².